The molecule has 1 rings (SSSR count). The van der Waals surface area contributed by atoms with Crippen LogP contribution in [0.25, 0.3) is 0 Å². The van der Waals surface area contributed by atoms with E-state index in [-0.39, 0.29) is 24.4 Å². The van der Waals surface area contributed by atoms with Crippen molar-refractivity contribution in [1.82, 2.24) is 4.98 Å². The molecule has 0 aliphatic heterocycles. The molecule has 0 unspecified atom stereocenters. The van der Waals surface area contributed by atoms with E-state index in [0.717, 1.165) is 0 Å². The van der Waals surface area contributed by atoms with Gasteiger partial charge in [-0.2, -0.15) is 0 Å². The number of hydrogen-bond donors (Lipinski definition) is 1. The van der Waals surface area contributed by atoms with Crippen LogP contribution in [-0.2, 0) is 0 Å². The summed E-state index contributed by atoms with van der Waals surface area (Å²) in [5, 5.41) is 8.34. The molecule has 1 aromatic heterocycles. The van der Waals surface area contributed by atoms with Gasteiger partial charge in [-0.1, -0.05) is 0 Å². The van der Waals surface area contributed by atoms with Gasteiger partial charge in [-0.25, -0.2) is 4.79 Å². The molecule has 1 heterocycles. The van der Waals surface area contributed by atoms with Crippen LogP contribution in [0.1, 0.15) is 10.4 Å². The number of nitrogens with zero attached hydrogens (tertiary/aromatic N) is 1. The molecule has 0 aromatic carbocycles. The molecule has 0 bridgehead atoms. The van der Waals surface area contributed by atoms with Crippen molar-refractivity contribution >= 4 is 24.8 Å². The molecule has 0 aliphatic rings. The van der Waals surface area contributed by atoms with Gasteiger partial charge in [-0.05, 0) is 12.1 Å². The van der Waals surface area contributed by atoms with E-state index < -0.39 is 5.97 Å². The van der Waals surface area contributed by atoms with Gasteiger partial charge in [0.2, 0.25) is 0 Å². The molecule has 0 spiro atoms. The van der Waals surface area contributed by atoms with E-state index in [1.807, 2.05) is 0 Å². The van der Waals surface area contributed by atoms with Crippen LogP contribution in [-0.4, -0.2) is 34.9 Å². The van der Waals surface area contributed by atoms with Crippen LogP contribution >= 0.6 is 0 Å². The molecule has 10 heavy (non-hydrogen) atoms. The third-order valence-electron chi connectivity index (χ3n) is 0.908. The van der Waals surface area contributed by atoms with Gasteiger partial charge >= 0.3 is 24.8 Å². The number of rotatable bonds is 1. The molecule has 0 fully saturated rings. The minimum absolute atomic E-state index is 0. The predicted octanol–water partition coefficient (Wildman–Crippen LogP) is 0.131. The Balaban J connectivity index is 0.000000810. The van der Waals surface area contributed by atoms with Crippen LogP contribution in [0.3, 0.4) is 0 Å². The number of carboxylic acid groups (broad SMARTS) is 1. The maximum atomic E-state index is 10.2. The Morgan fingerprint density at radius 2 is 2.30 bits per heavy atom. The van der Waals surface area contributed by atoms with Crippen molar-refractivity contribution in [2.75, 3.05) is 0 Å². The fourth-order valence-electron chi connectivity index (χ4n) is 0.489. The van der Waals surface area contributed by atoms with Gasteiger partial charge in [0, 0.05) is 12.4 Å². The van der Waals surface area contributed by atoms with Gasteiger partial charge in [0.15, 0.2) is 0 Å². The fourth-order valence-corrected chi connectivity index (χ4v) is 0.489. The van der Waals surface area contributed by atoms with Crippen molar-refractivity contribution in [2.45, 2.75) is 0 Å². The van der Waals surface area contributed by atoms with Gasteiger partial charge in [0.1, 0.15) is 0 Å². The van der Waals surface area contributed by atoms with Crippen molar-refractivity contribution < 1.29 is 9.90 Å². The molecule has 48 valence electrons. The van der Waals surface area contributed by atoms with E-state index >= 15 is 0 Å². The Kier molecular flexibility index (Phi) is 3.78. The van der Waals surface area contributed by atoms with E-state index in [9.17, 15) is 4.79 Å². The van der Waals surface area contributed by atoms with E-state index in [2.05, 4.69) is 4.98 Å². The summed E-state index contributed by atoms with van der Waals surface area (Å²) in [6, 6.07) is 3.08. The van der Waals surface area contributed by atoms with Gasteiger partial charge in [0.05, 0.1) is 5.56 Å². The molecule has 0 saturated heterocycles. The van der Waals surface area contributed by atoms with Crippen molar-refractivity contribution in [2.24, 2.45) is 0 Å². The zero-order valence-electron chi connectivity index (χ0n) is 4.61. The molecule has 4 heteroatoms. The zero-order chi connectivity index (χ0) is 6.69. The second kappa shape index (κ2) is 4.10. The van der Waals surface area contributed by atoms with Crippen LogP contribution in [0, 0.1) is 0 Å². The first kappa shape index (κ1) is 9.22. The fraction of sp³-hybridized carbons (Fsp3) is 0. The normalized spacial score (nSPS) is 8.00. The minimum atomic E-state index is -0.942. The Labute approximate surface area is 70.3 Å². The van der Waals surface area contributed by atoms with E-state index in [1.165, 1.54) is 18.5 Å². The summed E-state index contributed by atoms with van der Waals surface area (Å²) in [5.41, 5.74) is 0.220. The number of hydrogen-bond acceptors (Lipinski definition) is 2. The van der Waals surface area contributed by atoms with Crippen molar-refractivity contribution in [3.05, 3.63) is 30.1 Å². The van der Waals surface area contributed by atoms with Crippen molar-refractivity contribution in [3.8, 4) is 0 Å². The Bertz CT molecular complexity index is 212. The van der Waals surface area contributed by atoms with E-state index in [0.29, 0.717) is 0 Å². The monoisotopic (exact) mass is 131 g/mol. The van der Waals surface area contributed by atoms with Crippen LogP contribution in [0.15, 0.2) is 24.5 Å². The van der Waals surface area contributed by atoms with E-state index in [4.69, 9.17) is 5.11 Å². The summed E-state index contributed by atoms with van der Waals surface area (Å²) in [6.07, 6.45) is 2.84. The molecule has 0 saturated carbocycles. The second-order valence-electron chi connectivity index (χ2n) is 1.55. The zero-order valence-corrected chi connectivity index (χ0v) is 4.61. The first-order chi connectivity index (χ1) is 4.30. The summed E-state index contributed by atoms with van der Waals surface area (Å²) in [6.45, 7) is 0. The average molecular weight is 131 g/mol. The summed E-state index contributed by atoms with van der Waals surface area (Å²) < 4.78 is 0. The van der Waals surface area contributed by atoms with Crippen LogP contribution in [0.5, 0.6) is 0 Å². The Morgan fingerprint density at radius 1 is 1.60 bits per heavy atom. The SMILES string of the molecule is O=C(O)c1cccnc1.[LiH]. The first-order valence-electron chi connectivity index (χ1n) is 2.44. The molecule has 0 aliphatic carbocycles. The third-order valence-corrected chi connectivity index (χ3v) is 0.908. The summed E-state index contributed by atoms with van der Waals surface area (Å²) in [5.74, 6) is -0.942. The molecule has 0 radical (unpaired) electrons. The summed E-state index contributed by atoms with van der Waals surface area (Å²) in [7, 11) is 0. The standard InChI is InChI=1S/C6H5NO2.Li.H/c8-6(9)5-2-1-3-7-4-5;;/h1-4H,(H,8,9);;. The molecule has 1 aromatic rings. The molecular weight excluding hydrogens is 125 g/mol. The van der Waals surface area contributed by atoms with Crippen molar-refractivity contribution in [3.63, 3.8) is 0 Å². The van der Waals surface area contributed by atoms with Crippen LogP contribution < -0.4 is 0 Å². The number of aromatic carboxylic acids is 1. The number of carboxylic acids is 1. The number of aromatic nitrogens is 1. The molecule has 0 atom stereocenters. The average Bonchev–Trinajstić information content (AvgIpc) is 1.90. The van der Waals surface area contributed by atoms with Crippen LogP contribution in [0.2, 0.25) is 0 Å². The van der Waals surface area contributed by atoms with Gasteiger partial charge in [-0.3, -0.25) is 4.98 Å². The summed E-state index contributed by atoms with van der Waals surface area (Å²) in [4.78, 5) is 13.8. The first-order valence-corrected chi connectivity index (χ1v) is 2.44. The Morgan fingerprint density at radius 3 is 2.60 bits per heavy atom. The van der Waals surface area contributed by atoms with E-state index in [1.54, 1.807) is 6.07 Å². The molecule has 3 nitrogen and oxygen atoms in total. The quantitative estimate of drug-likeness (QED) is 0.551. The third kappa shape index (κ3) is 2.22. The Hall–Kier alpha value is -0.783. The molecule has 1 N–H and O–H groups in total. The maximum absolute atomic E-state index is 10.2. The van der Waals surface area contributed by atoms with Gasteiger partial charge < -0.3 is 5.11 Å². The van der Waals surface area contributed by atoms with Crippen molar-refractivity contribution in [1.29, 1.82) is 0 Å². The molecular formula is C6H6LiNO2. The molecule has 0 amide bonds. The number of carbonyl (C=O) groups is 1. The topological polar surface area (TPSA) is 50.2 Å². The summed E-state index contributed by atoms with van der Waals surface area (Å²) >= 11 is 0. The van der Waals surface area contributed by atoms with Gasteiger partial charge in [-0.15, -0.1) is 0 Å². The number of pyridine rings is 1. The van der Waals surface area contributed by atoms with Gasteiger partial charge in [0.25, 0.3) is 0 Å². The second-order valence-corrected chi connectivity index (χ2v) is 1.55. The predicted molar refractivity (Wildman–Crippen MR) is 38.3 cm³/mol. The van der Waals surface area contributed by atoms with Crippen LogP contribution in [0.4, 0.5) is 0 Å².